The van der Waals surface area contributed by atoms with Gasteiger partial charge in [0.05, 0.1) is 5.75 Å². The molecule has 4 nitrogen and oxygen atoms in total. The number of imide groups is 1. The molecule has 0 aromatic carbocycles. The number of carbonyl (C=O) groups is 2. The van der Waals surface area contributed by atoms with Crippen LogP contribution in [0.5, 0.6) is 0 Å². The maximum absolute atomic E-state index is 11.2. The molecular formula is C8H15ClN2O2S. The molecule has 1 atom stereocenters. The van der Waals surface area contributed by atoms with Crippen molar-refractivity contribution in [1.29, 1.82) is 0 Å². The van der Waals surface area contributed by atoms with Crippen LogP contribution in [0, 0.1) is 5.92 Å². The second kappa shape index (κ2) is 5.58. The molecule has 0 saturated carbocycles. The first kappa shape index (κ1) is 13.7. The van der Waals surface area contributed by atoms with Gasteiger partial charge in [-0.25, -0.2) is 0 Å². The van der Waals surface area contributed by atoms with Crippen molar-refractivity contribution in [3.8, 4) is 0 Å². The molecular weight excluding hydrogens is 224 g/mol. The van der Waals surface area contributed by atoms with Crippen molar-refractivity contribution >= 4 is 35.3 Å². The van der Waals surface area contributed by atoms with Gasteiger partial charge in [0.1, 0.15) is 0 Å². The summed E-state index contributed by atoms with van der Waals surface area (Å²) in [6.45, 7) is 4.30. The van der Waals surface area contributed by atoms with Crippen molar-refractivity contribution in [3.63, 3.8) is 0 Å². The Balaban J connectivity index is 0.00000169. The van der Waals surface area contributed by atoms with Gasteiger partial charge in [-0.3, -0.25) is 14.5 Å². The Bertz CT molecular complexity index is 219. The predicted molar refractivity (Wildman–Crippen MR) is 59.6 cm³/mol. The van der Waals surface area contributed by atoms with Crippen molar-refractivity contribution in [2.45, 2.75) is 19.9 Å². The Hall–Kier alpha value is -0.260. The summed E-state index contributed by atoms with van der Waals surface area (Å²) in [4.78, 5) is 23.6. The Labute approximate surface area is 94.0 Å². The number of nitrogens with two attached hydrogens (primary N) is 1. The Morgan fingerprint density at radius 3 is 2.43 bits per heavy atom. The molecule has 2 amide bonds. The molecule has 0 spiro atoms. The van der Waals surface area contributed by atoms with E-state index in [1.165, 1.54) is 4.90 Å². The molecule has 6 heteroatoms. The number of carbonyl (C=O) groups excluding carboxylic acids is 2. The lowest BCUT2D eigenvalue weighted by atomic mass is 10.1. The maximum Gasteiger partial charge on any atom is 0.288 e. The highest BCUT2D eigenvalue weighted by molar-refractivity contribution is 8.14. The number of halogens is 1. The SMILES string of the molecule is CC(C)C(N)CN1C(=O)CSC1=O.Cl. The summed E-state index contributed by atoms with van der Waals surface area (Å²) < 4.78 is 0. The molecule has 1 unspecified atom stereocenters. The van der Waals surface area contributed by atoms with E-state index < -0.39 is 0 Å². The lowest BCUT2D eigenvalue weighted by Gasteiger charge is -2.20. The van der Waals surface area contributed by atoms with Gasteiger partial charge < -0.3 is 5.73 Å². The second-order valence-electron chi connectivity index (χ2n) is 3.47. The maximum atomic E-state index is 11.2. The van der Waals surface area contributed by atoms with Gasteiger partial charge in [-0.1, -0.05) is 25.6 Å². The fourth-order valence-corrected chi connectivity index (χ4v) is 1.71. The summed E-state index contributed by atoms with van der Waals surface area (Å²) in [6.07, 6.45) is 0. The number of hydrogen-bond acceptors (Lipinski definition) is 4. The van der Waals surface area contributed by atoms with E-state index in [0.717, 1.165) is 11.8 Å². The lowest BCUT2D eigenvalue weighted by Crippen LogP contribution is -2.42. The van der Waals surface area contributed by atoms with Crippen molar-refractivity contribution in [2.75, 3.05) is 12.3 Å². The summed E-state index contributed by atoms with van der Waals surface area (Å²) in [7, 11) is 0. The summed E-state index contributed by atoms with van der Waals surface area (Å²) in [6, 6.07) is -0.119. The Morgan fingerprint density at radius 2 is 2.07 bits per heavy atom. The third-order valence-corrected chi connectivity index (χ3v) is 2.95. The van der Waals surface area contributed by atoms with Gasteiger partial charge in [0, 0.05) is 12.6 Å². The molecule has 0 aromatic heterocycles. The average molecular weight is 239 g/mol. The highest BCUT2D eigenvalue weighted by Crippen LogP contribution is 2.19. The highest BCUT2D eigenvalue weighted by atomic mass is 35.5. The molecule has 1 aliphatic rings. The van der Waals surface area contributed by atoms with Crippen LogP contribution in [0.15, 0.2) is 0 Å². The van der Waals surface area contributed by atoms with Gasteiger partial charge >= 0.3 is 0 Å². The molecule has 1 heterocycles. The van der Waals surface area contributed by atoms with E-state index in [1.807, 2.05) is 13.8 Å². The zero-order valence-corrected chi connectivity index (χ0v) is 9.86. The number of thioether (sulfide) groups is 1. The van der Waals surface area contributed by atoms with Crippen molar-refractivity contribution in [3.05, 3.63) is 0 Å². The third kappa shape index (κ3) is 3.15. The molecule has 0 aromatic rings. The van der Waals surface area contributed by atoms with E-state index in [-0.39, 0.29) is 41.3 Å². The first-order valence-electron chi connectivity index (χ1n) is 4.25. The van der Waals surface area contributed by atoms with E-state index in [9.17, 15) is 9.59 Å². The molecule has 14 heavy (non-hydrogen) atoms. The van der Waals surface area contributed by atoms with E-state index in [2.05, 4.69) is 0 Å². The molecule has 1 fully saturated rings. The zero-order valence-electron chi connectivity index (χ0n) is 8.23. The summed E-state index contributed by atoms with van der Waals surface area (Å²) >= 11 is 1.05. The molecule has 1 aliphatic heterocycles. The second-order valence-corrected chi connectivity index (χ2v) is 4.39. The molecule has 0 radical (unpaired) electrons. The van der Waals surface area contributed by atoms with Gasteiger partial charge in [-0.15, -0.1) is 12.4 Å². The largest absolute Gasteiger partial charge is 0.326 e. The molecule has 1 saturated heterocycles. The van der Waals surface area contributed by atoms with E-state index in [0.29, 0.717) is 6.54 Å². The van der Waals surface area contributed by atoms with Gasteiger partial charge in [0.2, 0.25) is 5.91 Å². The number of hydrogen-bond donors (Lipinski definition) is 1. The standard InChI is InChI=1S/C8H14N2O2S.ClH/c1-5(2)6(9)3-10-7(11)4-13-8(10)12;/h5-6H,3-4,9H2,1-2H3;1H. The minimum Gasteiger partial charge on any atom is -0.326 e. The fourth-order valence-electron chi connectivity index (χ4n) is 0.979. The van der Waals surface area contributed by atoms with Crippen LogP contribution in [0.1, 0.15) is 13.8 Å². The molecule has 1 rings (SSSR count). The van der Waals surface area contributed by atoms with Crippen LogP contribution in [0.3, 0.4) is 0 Å². The van der Waals surface area contributed by atoms with Crippen LogP contribution in [0.2, 0.25) is 0 Å². The zero-order chi connectivity index (χ0) is 10.0. The van der Waals surface area contributed by atoms with Gasteiger partial charge in [-0.2, -0.15) is 0 Å². The van der Waals surface area contributed by atoms with Crippen LogP contribution in [0.25, 0.3) is 0 Å². The first-order chi connectivity index (χ1) is 6.02. The summed E-state index contributed by atoms with van der Waals surface area (Å²) in [5.41, 5.74) is 5.77. The third-order valence-electron chi connectivity index (χ3n) is 2.09. The van der Waals surface area contributed by atoms with Crippen LogP contribution in [-0.4, -0.2) is 34.4 Å². The van der Waals surface area contributed by atoms with Crippen LogP contribution >= 0.6 is 24.2 Å². The van der Waals surface area contributed by atoms with Crippen LogP contribution < -0.4 is 5.73 Å². The van der Waals surface area contributed by atoms with Crippen molar-refractivity contribution in [1.82, 2.24) is 4.90 Å². The molecule has 0 bridgehead atoms. The number of nitrogens with zero attached hydrogens (tertiary/aromatic N) is 1. The van der Waals surface area contributed by atoms with Crippen LogP contribution in [-0.2, 0) is 4.79 Å². The fraction of sp³-hybridized carbons (Fsp3) is 0.750. The number of rotatable bonds is 3. The number of amides is 2. The topological polar surface area (TPSA) is 63.4 Å². The average Bonchev–Trinajstić information content (AvgIpc) is 2.35. The summed E-state index contributed by atoms with van der Waals surface area (Å²) in [5, 5.41) is -0.166. The predicted octanol–water partition coefficient (Wildman–Crippen LogP) is 1.09. The Morgan fingerprint density at radius 1 is 1.50 bits per heavy atom. The monoisotopic (exact) mass is 238 g/mol. The Kier molecular flexibility index (Phi) is 5.48. The van der Waals surface area contributed by atoms with Crippen LogP contribution in [0.4, 0.5) is 4.79 Å². The smallest absolute Gasteiger partial charge is 0.288 e. The normalized spacial score (nSPS) is 18.7. The van der Waals surface area contributed by atoms with E-state index >= 15 is 0 Å². The quantitative estimate of drug-likeness (QED) is 0.800. The molecule has 2 N–H and O–H groups in total. The van der Waals surface area contributed by atoms with Crippen molar-refractivity contribution < 1.29 is 9.59 Å². The minimum atomic E-state index is -0.166. The van der Waals surface area contributed by atoms with E-state index in [1.54, 1.807) is 0 Å². The van der Waals surface area contributed by atoms with Gasteiger partial charge in [0.25, 0.3) is 5.24 Å². The lowest BCUT2D eigenvalue weighted by molar-refractivity contribution is -0.124. The highest BCUT2D eigenvalue weighted by Gasteiger charge is 2.31. The minimum absolute atomic E-state index is 0. The summed E-state index contributed by atoms with van der Waals surface area (Å²) in [5.74, 6) is 0.432. The molecule has 0 aliphatic carbocycles. The van der Waals surface area contributed by atoms with Gasteiger partial charge in [-0.05, 0) is 5.92 Å². The van der Waals surface area contributed by atoms with E-state index in [4.69, 9.17) is 5.73 Å². The van der Waals surface area contributed by atoms with Gasteiger partial charge in [0.15, 0.2) is 0 Å². The first-order valence-corrected chi connectivity index (χ1v) is 5.23. The molecule has 82 valence electrons. The van der Waals surface area contributed by atoms with Crippen molar-refractivity contribution in [2.24, 2.45) is 11.7 Å².